The Morgan fingerprint density at radius 3 is 2.88 bits per heavy atom. The molecule has 0 aromatic heterocycles. The normalized spacial score (nSPS) is 19.6. The fraction of sp³-hybridized carbons (Fsp3) is 0.417. The SMILES string of the molecule is CC[C@H]1CN(c2ccc(SC)c(F)c2)C(=O)O1. The van der Waals surface area contributed by atoms with Gasteiger partial charge in [0.1, 0.15) is 11.9 Å². The number of halogens is 1. The van der Waals surface area contributed by atoms with Crippen molar-refractivity contribution in [3.8, 4) is 0 Å². The lowest BCUT2D eigenvalue weighted by Gasteiger charge is -2.13. The van der Waals surface area contributed by atoms with Gasteiger partial charge in [-0.15, -0.1) is 11.8 Å². The summed E-state index contributed by atoms with van der Waals surface area (Å²) in [5, 5.41) is 0. The molecule has 0 N–H and O–H groups in total. The summed E-state index contributed by atoms with van der Waals surface area (Å²) < 4.78 is 18.7. The summed E-state index contributed by atoms with van der Waals surface area (Å²) in [5.41, 5.74) is 0.557. The molecule has 1 aliphatic heterocycles. The second-order valence-electron chi connectivity index (χ2n) is 3.84. The first-order valence-electron chi connectivity index (χ1n) is 5.47. The van der Waals surface area contributed by atoms with Gasteiger partial charge in [-0.3, -0.25) is 4.90 Å². The fourth-order valence-corrected chi connectivity index (χ4v) is 2.23. The number of rotatable bonds is 3. The van der Waals surface area contributed by atoms with Crippen LogP contribution in [0.5, 0.6) is 0 Å². The predicted octanol–water partition coefficient (Wildman–Crippen LogP) is 3.28. The van der Waals surface area contributed by atoms with E-state index in [2.05, 4.69) is 0 Å². The molecule has 1 aromatic carbocycles. The summed E-state index contributed by atoms with van der Waals surface area (Å²) in [6.07, 6.45) is 2.10. The molecule has 17 heavy (non-hydrogen) atoms. The van der Waals surface area contributed by atoms with Gasteiger partial charge >= 0.3 is 6.09 Å². The van der Waals surface area contributed by atoms with Crippen LogP contribution in [0, 0.1) is 5.82 Å². The molecule has 1 atom stereocenters. The van der Waals surface area contributed by atoms with Crippen molar-refractivity contribution in [1.29, 1.82) is 0 Å². The third-order valence-corrected chi connectivity index (χ3v) is 3.55. The van der Waals surface area contributed by atoms with Gasteiger partial charge in [0.2, 0.25) is 0 Å². The number of carbonyl (C=O) groups is 1. The van der Waals surface area contributed by atoms with Gasteiger partial charge in [-0.05, 0) is 30.9 Å². The second kappa shape index (κ2) is 4.96. The summed E-state index contributed by atoms with van der Waals surface area (Å²) in [6, 6.07) is 4.81. The van der Waals surface area contributed by atoms with E-state index in [4.69, 9.17) is 4.74 Å². The minimum Gasteiger partial charge on any atom is -0.444 e. The van der Waals surface area contributed by atoms with E-state index in [1.807, 2.05) is 13.2 Å². The average Bonchev–Trinajstić information content (AvgIpc) is 2.70. The van der Waals surface area contributed by atoms with Crippen molar-refractivity contribution < 1.29 is 13.9 Å². The maximum Gasteiger partial charge on any atom is 0.414 e. The third kappa shape index (κ3) is 2.39. The Kier molecular flexibility index (Phi) is 3.57. The highest BCUT2D eigenvalue weighted by molar-refractivity contribution is 7.98. The van der Waals surface area contributed by atoms with Gasteiger partial charge in [0.15, 0.2) is 0 Å². The second-order valence-corrected chi connectivity index (χ2v) is 4.69. The van der Waals surface area contributed by atoms with Crippen LogP contribution in [0.4, 0.5) is 14.9 Å². The van der Waals surface area contributed by atoms with Crippen LogP contribution in [-0.2, 0) is 4.74 Å². The lowest BCUT2D eigenvalue weighted by Crippen LogP contribution is -2.24. The Morgan fingerprint density at radius 2 is 2.35 bits per heavy atom. The molecular weight excluding hydrogens is 241 g/mol. The highest BCUT2D eigenvalue weighted by Crippen LogP contribution is 2.27. The minimum atomic E-state index is -0.395. The van der Waals surface area contributed by atoms with Crippen molar-refractivity contribution in [2.24, 2.45) is 0 Å². The zero-order valence-electron chi connectivity index (χ0n) is 9.77. The molecule has 1 amide bonds. The molecule has 0 saturated carbocycles. The van der Waals surface area contributed by atoms with E-state index < -0.39 is 6.09 Å². The van der Waals surface area contributed by atoms with Crippen LogP contribution in [-0.4, -0.2) is 25.0 Å². The highest BCUT2D eigenvalue weighted by atomic mass is 32.2. The van der Waals surface area contributed by atoms with Gasteiger partial charge in [-0.1, -0.05) is 6.92 Å². The molecule has 1 fully saturated rings. The van der Waals surface area contributed by atoms with Crippen LogP contribution in [0.15, 0.2) is 23.1 Å². The van der Waals surface area contributed by atoms with Crippen LogP contribution >= 0.6 is 11.8 Å². The van der Waals surface area contributed by atoms with E-state index in [1.165, 1.54) is 22.7 Å². The molecule has 5 heteroatoms. The number of nitrogens with zero attached hydrogens (tertiary/aromatic N) is 1. The van der Waals surface area contributed by atoms with Crippen molar-refractivity contribution >= 4 is 23.5 Å². The van der Waals surface area contributed by atoms with Crippen molar-refractivity contribution in [2.75, 3.05) is 17.7 Å². The maximum absolute atomic E-state index is 13.6. The molecule has 0 radical (unpaired) electrons. The summed E-state index contributed by atoms with van der Waals surface area (Å²) in [6.45, 7) is 2.45. The van der Waals surface area contributed by atoms with Crippen molar-refractivity contribution in [2.45, 2.75) is 24.3 Å². The molecule has 0 spiro atoms. The van der Waals surface area contributed by atoms with Crippen LogP contribution in [0.25, 0.3) is 0 Å². The van der Waals surface area contributed by atoms with E-state index in [0.29, 0.717) is 17.1 Å². The monoisotopic (exact) mass is 255 g/mol. The smallest absolute Gasteiger partial charge is 0.414 e. The highest BCUT2D eigenvalue weighted by Gasteiger charge is 2.31. The number of thioether (sulfide) groups is 1. The van der Waals surface area contributed by atoms with Crippen LogP contribution in [0.2, 0.25) is 0 Å². The first-order valence-corrected chi connectivity index (χ1v) is 6.70. The lowest BCUT2D eigenvalue weighted by atomic mass is 10.2. The molecule has 0 bridgehead atoms. The Morgan fingerprint density at radius 1 is 1.59 bits per heavy atom. The first-order chi connectivity index (χ1) is 8.15. The van der Waals surface area contributed by atoms with Gasteiger partial charge in [0.05, 0.1) is 12.2 Å². The largest absolute Gasteiger partial charge is 0.444 e. The maximum atomic E-state index is 13.6. The molecule has 92 valence electrons. The number of ether oxygens (including phenoxy) is 1. The van der Waals surface area contributed by atoms with E-state index in [1.54, 1.807) is 12.1 Å². The van der Waals surface area contributed by atoms with E-state index in [9.17, 15) is 9.18 Å². The summed E-state index contributed by atoms with van der Waals surface area (Å²) in [5.74, 6) is -0.303. The number of amides is 1. The molecule has 2 rings (SSSR count). The van der Waals surface area contributed by atoms with Gasteiger partial charge in [-0.25, -0.2) is 9.18 Å². The molecule has 1 saturated heterocycles. The van der Waals surface area contributed by atoms with Gasteiger partial charge in [0.25, 0.3) is 0 Å². The Labute approximate surface area is 104 Å². The first kappa shape index (κ1) is 12.2. The molecular formula is C12H14FNO2S. The predicted molar refractivity (Wildman–Crippen MR) is 66.1 cm³/mol. The average molecular weight is 255 g/mol. The summed E-state index contributed by atoms with van der Waals surface area (Å²) >= 11 is 1.34. The fourth-order valence-electron chi connectivity index (χ4n) is 1.77. The Bertz CT molecular complexity index is 439. The van der Waals surface area contributed by atoms with Gasteiger partial charge in [-0.2, -0.15) is 0 Å². The third-order valence-electron chi connectivity index (χ3n) is 2.78. The lowest BCUT2D eigenvalue weighted by molar-refractivity contribution is 0.139. The number of hydrogen-bond donors (Lipinski definition) is 0. The van der Waals surface area contributed by atoms with Crippen LogP contribution in [0.3, 0.4) is 0 Å². The number of benzene rings is 1. The van der Waals surface area contributed by atoms with Gasteiger partial charge < -0.3 is 4.74 Å². The minimum absolute atomic E-state index is 0.0919. The van der Waals surface area contributed by atoms with E-state index in [0.717, 1.165) is 6.42 Å². The zero-order chi connectivity index (χ0) is 12.4. The quantitative estimate of drug-likeness (QED) is 0.776. The topological polar surface area (TPSA) is 29.5 Å². The Hall–Kier alpha value is -1.23. The van der Waals surface area contributed by atoms with Crippen molar-refractivity contribution in [3.63, 3.8) is 0 Å². The molecule has 1 aliphatic rings. The zero-order valence-corrected chi connectivity index (χ0v) is 10.6. The number of hydrogen-bond acceptors (Lipinski definition) is 3. The molecule has 0 aliphatic carbocycles. The van der Waals surface area contributed by atoms with Crippen molar-refractivity contribution in [3.05, 3.63) is 24.0 Å². The van der Waals surface area contributed by atoms with E-state index >= 15 is 0 Å². The summed E-state index contributed by atoms with van der Waals surface area (Å²) in [4.78, 5) is 13.6. The Balaban J connectivity index is 2.23. The molecule has 3 nitrogen and oxygen atoms in total. The summed E-state index contributed by atoms with van der Waals surface area (Å²) in [7, 11) is 0. The van der Waals surface area contributed by atoms with Crippen molar-refractivity contribution in [1.82, 2.24) is 0 Å². The molecule has 0 unspecified atom stereocenters. The van der Waals surface area contributed by atoms with Crippen LogP contribution < -0.4 is 4.90 Å². The molecule has 1 heterocycles. The number of cyclic esters (lactones) is 1. The molecule has 1 aromatic rings. The standard InChI is InChI=1S/C12H14FNO2S/c1-3-9-7-14(12(15)16-9)8-4-5-11(17-2)10(13)6-8/h4-6,9H,3,7H2,1-2H3/t9-/m0/s1. The number of carbonyl (C=O) groups excluding carboxylic acids is 1. The van der Waals surface area contributed by atoms with Crippen LogP contribution in [0.1, 0.15) is 13.3 Å². The van der Waals surface area contributed by atoms with E-state index in [-0.39, 0.29) is 11.9 Å². The van der Waals surface area contributed by atoms with Gasteiger partial charge in [0, 0.05) is 4.90 Å². The number of anilines is 1.